The van der Waals surface area contributed by atoms with E-state index in [1.54, 1.807) is 6.08 Å². The minimum atomic E-state index is -0.922. The van der Waals surface area contributed by atoms with E-state index in [2.05, 4.69) is 0 Å². The van der Waals surface area contributed by atoms with Gasteiger partial charge in [-0.3, -0.25) is 4.79 Å². The van der Waals surface area contributed by atoms with Crippen LogP contribution in [0.1, 0.15) is 18.4 Å². The van der Waals surface area contributed by atoms with Crippen LogP contribution in [0.4, 0.5) is 0 Å². The lowest BCUT2D eigenvalue weighted by molar-refractivity contribution is -0.137. The molecule has 0 unspecified atom stereocenters. The van der Waals surface area contributed by atoms with Crippen LogP contribution < -0.4 is 5.73 Å². The molecule has 4 N–H and O–H groups in total. The van der Waals surface area contributed by atoms with Gasteiger partial charge in [0.25, 0.3) is 0 Å². The number of carboxylic acid groups (broad SMARTS) is 2. The second-order valence-electron chi connectivity index (χ2n) is 3.37. The molecule has 1 aromatic carbocycles. The number of hydrogen-bond acceptors (Lipinski definition) is 3. The third kappa shape index (κ3) is 10.4. The lowest BCUT2D eigenvalue weighted by Crippen LogP contribution is -2.02. The summed E-state index contributed by atoms with van der Waals surface area (Å²) in [5, 5.41) is 16.3. The Labute approximate surface area is 106 Å². The van der Waals surface area contributed by atoms with Gasteiger partial charge in [-0.2, -0.15) is 0 Å². The summed E-state index contributed by atoms with van der Waals surface area (Å²) in [4.78, 5) is 19.8. The molecule has 0 fully saturated rings. The monoisotopic (exact) mass is 251 g/mol. The highest BCUT2D eigenvalue weighted by atomic mass is 16.4. The summed E-state index contributed by atoms with van der Waals surface area (Å²) in [6.45, 7) is 0.465. The Morgan fingerprint density at radius 3 is 2.17 bits per heavy atom. The van der Waals surface area contributed by atoms with E-state index in [0.29, 0.717) is 13.0 Å². The van der Waals surface area contributed by atoms with Gasteiger partial charge in [-0.25, -0.2) is 4.79 Å². The number of hydrogen-bond donors (Lipinski definition) is 3. The molecule has 1 rings (SSSR count). The van der Waals surface area contributed by atoms with Crippen LogP contribution in [0.15, 0.2) is 36.4 Å². The molecule has 98 valence electrons. The van der Waals surface area contributed by atoms with Gasteiger partial charge in [0.1, 0.15) is 0 Å². The van der Waals surface area contributed by atoms with Crippen molar-refractivity contribution in [3.8, 4) is 0 Å². The summed E-state index contributed by atoms with van der Waals surface area (Å²) >= 11 is 0. The summed E-state index contributed by atoms with van der Waals surface area (Å²) < 4.78 is 0. The normalized spacial score (nSPS) is 9.61. The highest BCUT2D eigenvalue weighted by molar-refractivity contribution is 5.85. The number of rotatable bonds is 5. The number of aliphatic carboxylic acids is 2. The fraction of sp³-hybridized carbons (Fsp3) is 0.231. The number of nitrogens with two attached hydrogens (primary N) is 1. The average Bonchev–Trinajstić information content (AvgIpc) is 2.36. The summed E-state index contributed by atoms with van der Waals surface area (Å²) in [5.74, 6) is -1.70. The van der Waals surface area contributed by atoms with Gasteiger partial charge in [-0.05, 0) is 24.6 Å². The van der Waals surface area contributed by atoms with Crippen molar-refractivity contribution in [1.29, 1.82) is 0 Å². The summed E-state index contributed by atoms with van der Waals surface area (Å²) in [7, 11) is 0. The maximum absolute atomic E-state index is 10.1. The molecule has 1 aromatic rings. The molecule has 0 radical (unpaired) electrons. The van der Waals surface area contributed by atoms with E-state index in [1.165, 1.54) is 0 Å². The lowest BCUT2D eigenvalue weighted by atomic mass is 10.2. The Kier molecular flexibility index (Phi) is 8.85. The number of carbonyl (C=O) groups is 2. The van der Waals surface area contributed by atoms with Crippen LogP contribution in [0.2, 0.25) is 0 Å². The predicted octanol–water partition coefficient (Wildman–Crippen LogP) is 1.59. The van der Waals surface area contributed by atoms with E-state index in [-0.39, 0.29) is 6.42 Å². The Bertz CT molecular complexity index is 387. The van der Waals surface area contributed by atoms with E-state index in [9.17, 15) is 9.59 Å². The molecule has 18 heavy (non-hydrogen) atoms. The maximum atomic E-state index is 10.1. The molecule has 0 aliphatic heterocycles. The highest BCUT2D eigenvalue weighted by Crippen LogP contribution is 1.99. The Balaban J connectivity index is 0.000000360. The molecule has 5 heteroatoms. The number of benzene rings is 1. The first kappa shape index (κ1) is 15.9. The van der Waals surface area contributed by atoms with Gasteiger partial charge in [0.15, 0.2) is 0 Å². The second kappa shape index (κ2) is 10.0. The van der Waals surface area contributed by atoms with Crippen LogP contribution in [-0.2, 0) is 9.59 Å². The van der Waals surface area contributed by atoms with Gasteiger partial charge in [-0.1, -0.05) is 30.3 Å². The van der Waals surface area contributed by atoms with Crippen molar-refractivity contribution in [3.63, 3.8) is 0 Å². The van der Waals surface area contributed by atoms with Gasteiger partial charge in [0, 0.05) is 12.5 Å². The largest absolute Gasteiger partial charge is 0.481 e. The van der Waals surface area contributed by atoms with Crippen LogP contribution in [0.3, 0.4) is 0 Å². The van der Waals surface area contributed by atoms with Gasteiger partial charge in [-0.15, -0.1) is 0 Å². The zero-order chi connectivity index (χ0) is 13.8. The van der Waals surface area contributed by atoms with Crippen molar-refractivity contribution in [2.45, 2.75) is 12.8 Å². The molecule has 0 aromatic heterocycles. The number of carboxylic acids is 2. The molecule has 0 atom stereocenters. The van der Waals surface area contributed by atoms with Gasteiger partial charge in [0.05, 0.1) is 0 Å². The topological polar surface area (TPSA) is 101 Å². The smallest absolute Gasteiger partial charge is 0.328 e. The van der Waals surface area contributed by atoms with Crippen molar-refractivity contribution in [3.05, 3.63) is 42.0 Å². The molecule has 0 amide bonds. The van der Waals surface area contributed by atoms with Crippen LogP contribution in [0.25, 0.3) is 6.08 Å². The Morgan fingerprint density at radius 1 is 1.17 bits per heavy atom. The third-order valence-corrected chi connectivity index (χ3v) is 1.81. The molecule has 0 saturated carbocycles. The molecule has 0 aliphatic rings. The van der Waals surface area contributed by atoms with Crippen molar-refractivity contribution in [2.24, 2.45) is 5.73 Å². The quantitative estimate of drug-likeness (QED) is 0.690. The minimum Gasteiger partial charge on any atom is -0.481 e. The molecule has 0 aliphatic carbocycles. The van der Waals surface area contributed by atoms with E-state index in [0.717, 1.165) is 11.6 Å². The van der Waals surface area contributed by atoms with Gasteiger partial charge < -0.3 is 15.9 Å². The minimum absolute atomic E-state index is 0.191. The van der Waals surface area contributed by atoms with E-state index in [1.807, 2.05) is 30.3 Å². The standard InChI is InChI=1S/C9H8O2.C4H9NO2/c10-9(11)7-6-8-4-2-1-3-5-8;5-3-1-2-4(6)7/h1-7H,(H,10,11);1-3,5H2,(H,6,7). The van der Waals surface area contributed by atoms with Gasteiger partial charge in [0.2, 0.25) is 0 Å². The Morgan fingerprint density at radius 2 is 1.78 bits per heavy atom. The highest BCUT2D eigenvalue weighted by Gasteiger charge is 1.91. The zero-order valence-corrected chi connectivity index (χ0v) is 9.95. The van der Waals surface area contributed by atoms with E-state index < -0.39 is 11.9 Å². The van der Waals surface area contributed by atoms with Gasteiger partial charge >= 0.3 is 11.9 Å². The molecule has 0 bridgehead atoms. The molecular weight excluding hydrogens is 234 g/mol. The van der Waals surface area contributed by atoms with Crippen LogP contribution in [0.5, 0.6) is 0 Å². The molecule has 5 nitrogen and oxygen atoms in total. The van der Waals surface area contributed by atoms with Crippen LogP contribution in [-0.4, -0.2) is 28.7 Å². The summed E-state index contributed by atoms with van der Waals surface area (Å²) in [6.07, 6.45) is 3.45. The fourth-order valence-corrected chi connectivity index (χ4v) is 0.985. The van der Waals surface area contributed by atoms with Crippen molar-refractivity contribution in [2.75, 3.05) is 6.54 Å². The average molecular weight is 251 g/mol. The molecule has 0 spiro atoms. The Hall–Kier alpha value is -2.14. The maximum Gasteiger partial charge on any atom is 0.328 e. The zero-order valence-electron chi connectivity index (χ0n) is 9.95. The van der Waals surface area contributed by atoms with Crippen molar-refractivity contribution < 1.29 is 19.8 Å². The summed E-state index contributed by atoms with van der Waals surface area (Å²) in [5.41, 5.74) is 5.91. The van der Waals surface area contributed by atoms with E-state index in [4.69, 9.17) is 15.9 Å². The predicted molar refractivity (Wildman–Crippen MR) is 69.0 cm³/mol. The molecule has 0 heterocycles. The SMILES string of the molecule is NCCCC(=O)O.O=C(O)C=Cc1ccccc1. The van der Waals surface area contributed by atoms with E-state index >= 15 is 0 Å². The fourth-order valence-electron chi connectivity index (χ4n) is 0.985. The first-order valence-electron chi connectivity index (χ1n) is 5.44. The van der Waals surface area contributed by atoms with Crippen molar-refractivity contribution in [1.82, 2.24) is 0 Å². The molecular formula is C13H17NO4. The first-order chi connectivity index (χ1) is 8.56. The second-order valence-corrected chi connectivity index (χ2v) is 3.37. The summed E-state index contributed by atoms with van der Waals surface area (Å²) in [6, 6.07) is 9.31. The van der Waals surface area contributed by atoms with Crippen LogP contribution >= 0.6 is 0 Å². The first-order valence-corrected chi connectivity index (χ1v) is 5.44. The van der Waals surface area contributed by atoms with Crippen LogP contribution in [0, 0.1) is 0 Å². The third-order valence-electron chi connectivity index (χ3n) is 1.81. The molecule has 0 saturated heterocycles. The lowest BCUT2D eigenvalue weighted by Gasteiger charge is -1.87. The van der Waals surface area contributed by atoms with Crippen molar-refractivity contribution >= 4 is 18.0 Å².